The number of carbonyl (C=O) groups excluding carboxylic acids is 1. The van der Waals surface area contributed by atoms with E-state index < -0.39 is 0 Å². The average Bonchev–Trinajstić information content (AvgIpc) is 3.37. The normalized spacial score (nSPS) is 13.8. The van der Waals surface area contributed by atoms with Crippen LogP contribution >= 0.6 is 11.6 Å². The van der Waals surface area contributed by atoms with Crippen molar-refractivity contribution in [2.75, 3.05) is 13.7 Å². The molecule has 0 aromatic carbocycles. The van der Waals surface area contributed by atoms with Crippen molar-refractivity contribution in [3.8, 4) is 5.88 Å². The van der Waals surface area contributed by atoms with E-state index in [1.165, 1.54) is 12.8 Å². The lowest BCUT2D eigenvalue weighted by molar-refractivity contribution is 0.0960. The van der Waals surface area contributed by atoms with Gasteiger partial charge in [-0.15, -0.1) is 0 Å². The van der Waals surface area contributed by atoms with Crippen LogP contribution in [-0.4, -0.2) is 39.3 Å². The van der Waals surface area contributed by atoms with Crippen LogP contribution < -0.4 is 10.1 Å². The number of hydrogen-bond donors (Lipinski definition) is 1. The molecular formula is C18H18ClN5O2. The number of amides is 1. The van der Waals surface area contributed by atoms with Crippen LogP contribution in [0.25, 0.3) is 10.9 Å². The number of ether oxygens (including phenoxy) is 1. The largest absolute Gasteiger partial charge is 0.476 e. The monoisotopic (exact) mass is 371 g/mol. The van der Waals surface area contributed by atoms with E-state index in [-0.39, 0.29) is 5.91 Å². The molecule has 1 amide bonds. The summed E-state index contributed by atoms with van der Waals surface area (Å²) in [4.78, 5) is 20.4. The molecule has 0 aliphatic heterocycles. The lowest BCUT2D eigenvalue weighted by atomic mass is 10.2. The van der Waals surface area contributed by atoms with Crippen molar-refractivity contribution in [3.05, 3.63) is 47.0 Å². The molecule has 3 aromatic rings. The summed E-state index contributed by atoms with van der Waals surface area (Å²) >= 11 is 6.28. The third kappa shape index (κ3) is 3.48. The first kappa shape index (κ1) is 16.8. The van der Waals surface area contributed by atoms with Crippen LogP contribution in [0.2, 0.25) is 5.02 Å². The molecule has 0 spiro atoms. The molecule has 3 aromatic heterocycles. The first-order valence-corrected chi connectivity index (χ1v) is 8.83. The quantitative estimate of drug-likeness (QED) is 0.720. The van der Waals surface area contributed by atoms with E-state index in [9.17, 15) is 4.79 Å². The summed E-state index contributed by atoms with van der Waals surface area (Å²) in [6.07, 6.45) is 7.55. The van der Waals surface area contributed by atoms with Gasteiger partial charge in [0, 0.05) is 25.6 Å². The highest BCUT2D eigenvalue weighted by atomic mass is 35.5. The maximum atomic E-state index is 11.9. The molecule has 8 heteroatoms. The van der Waals surface area contributed by atoms with Crippen molar-refractivity contribution in [1.82, 2.24) is 25.1 Å². The van der Waals surface area contributed by atoms with Crippen molar-refractivity contribution in [3.63, 3.8) is 0 Å². The minimum atomic E-state index is -0.239. The smallest absolute Gasteiger partial charge is 0.270 e. The second-order valence-electron chi connectivity index (χ2n) is 6.38. The Morgan fingerprint density at radius 1 is 1.42 bits per heavy atom. The fourth-order valence-electron chi connectivity index (χ4n) is 2.70. The predicted molar refractivity (Wildman–Crippen MR) is 97.5 cm³/mol. The first-order chi connectivity index (χ1) is 12.6. The number of rotatable bonds is 6. The van der Waals surface area contributed by atoms with Gasteiger partial charge in [0.2, 0.25) is 5.88 Å². The fraction of sp³-hybridized carbons (Fsp3) is 0.333. The highest BCUT2D eigenvalue weighted by Gasteiger charge is 2.22. The molecule has 0 radical (unpaired) electrons. The highest BCUT2D eigenvalue weighted by molar-refractivity contribution is 6.31. The van der Waals surface area contributed by atoms with Crippen LogP contribution in [0.1, 0.15) is 28.9 Å². The molecular weight excluding hydrogens is 354 g/mol. The summed E-state index contributed by atoms with van der Waals surface area (Å²) in [6, 6.07) is 3.61. The molecule has 0 unspecified atom stereocenters. The van der Waals surface area contributed by atoms with Crippen molar-refractivity contribution in [2.24, 2.45) is 5.92 Å². The Bertz CT molecular complexity index is 967. The number of nitrogens with one attached hydrogen (secondary N) is 1. The van der Waals surface area contributed by atoms with Gasteiger partial charge in [-0.2, -0.15) is 5.10 Å². The van der Waals surface area contributed by atoms with E-state index in [0.717, 1.165) is 5.56 Å². The van der Waals surface area contributed by atoms with E-state index in [2.05, 4.69) is 20.4 Å². The van der Waals surface area contributed by atoms with Crippen LogP contribution in [0.15, 0.2) is 30.7 Å². The van der Waals surface area contributed by atoms with Gasteiger partial charge < -0.3 is 10.1 Å². The fourth-order valence-corrected chi connectivity index (χ4v) is 2.94. The van der Waals surface area contributed by atoms with Crippen LogP contribution in [0.5, 0.6) is 5.88 Å². The Morgan fingerprint density at radius 3 is 3.00 bits per heavy atom. The lowest BCUT2D eigenvalue weighted by Crippen LogP contribution is -2.19. The molecule has 1 aliphatic rings. The molecule has 1 N–H and O–H groups in total. The summed E-state index contributed by atoms with van der Waals surface area (Å²) < 4.78 is 7.40. The van der Waals surface area contributed by atoms with Gasteiger partial charge in [-0.05, 0) is 36.5 Å². The predicted octanol–water partition coefficient (Wildman–Crippen LogP) is 2.68. The summed E-state index contributed by atoms with van der Waals surface area (Å²) in [5.41, 5.74) is 1.97. The van der Waals surface area contributed by atoms with Crippen LogP contribution in [0.4, 0.5) is 0 Å². The molecule has 4 rings (SSSR count). The average molecular weight is 372 g/mol. The van der Waals surface area contributed by atoms with Gasteiger partial charge in [-0.25, -0.2) is 4.98 Å². The first-order valence-electron chi connectivity index (χ1n) is 8.45. The SMILES string of the molecule is CNC(=O)c1nccc2nn(Cc3cnc(OCC4CC4)c(Cl)c3)cc12. The number of carbonyl (C=O) groups is 1. The number of halogens is 1. The summed E-state index contributed by atoms with van der Waals surface area (Å²) in [5.74, 6) is 0.878. The minimum absolute atomic E-state index is 0.239. The Kier molecular flexibility index (Phi) is 4.46. The van der Waals surface area contributed by atoms with Gasteiger partial charge in [0.1, 0.15) is 10.7 Å². The second-order valence-corrected chi connectivity index (χ2v) is 6.79. The van der Waals surface area contributed by atoms with E-state index >= 15 is 0 Å². The van der Waals surface area contributed by atoms with Gasteiger partial charge >= 0.3 is 0 Å². The molecule has 7 nitrogen and oxygen atoms in total. The molecule has 0 bridgehead atoms. The number of pyridine rings is 2. The second kappa shape index (κ2) is 6.92. The standard InChI is InChI=1S/C18H18ClN5O2/c1-20-17(25)16-13-9-24(23-15(13)4-5-21-16)8-12-6-14(19)18(22-7-12)26-10-11-2-3-11/h4-7,9,11H,2-3,8,10H2,1H3,(H,20,25). The molecule has 26 heavy (non-hydrogen) atoms. The van der Waals surface area contributed by atoms with E-state index in [4.69, 9.17) is 16.3 Å². The van der Waals surface area contributed by atoms with Crippen LogP contribution in [0.3, 0.4) is 0 Å². The maximum absolute atomic E-state index is 11.9. The molecule has 1 saturated carbocycles. The summed E-state index contributed by atoms with van der Waals surface area (Å²) in [7, 11) is 1.58. The Morgan fingerprint density at radius 2 is 2.27 bits per heavy atom. The van der Waals surface area contributed by atoms with Gasteiger partial charge in [-0.1, -0.05) is 11.6 Å². The molecule has 0 saturated heterocycles. The van der Waals surface area contributed by atoms with E-state index in [1.807, 2.05) is 6.07 Å². The van der Waals surface area contributed by atoms with Gasteiger partial charge in [0.05, 0.1) is 24.1 Å². The molecule has 134 valence electrons. The van der Waals surface area contributed by atoms with Gasteiger partial charge in [0.25, 0.3) is 5.91 Å². The van der Waals surface area contributed by atoms with Crippen molar-refractivity contribution < 1.29 is 9.53 Å². The molecule has 1 fully saturated rings. The van der Waals surface area contributed by atoms with Crippen LogP contribution in [0, 0.1) is 5.92 Å². The zero-order chi connectivity index (χ0) is 18.1. The van der Waals surface area contributed by atoms with Crippen LogP contribution in [-0.2, 0) is 6.54 Å². The van der Waals surface area contributed by atoms with E-state index in [0.29, 0.717) is 46.6 Å². The highest BCUT2D eigenvalue weighted by Crippen LogP contribution is 2.31. The molecule has 1 aliphatic carbocycles. The third-order valence-corrected chi connectivity index (χ3v) is 4.56. The third-order valence-electron chi connectivity index (χ3n) is 4.28. The number of nitrogens with zero attached hydrogens (tertiary/aromatic N) is 4. The van der Waals surface area contributed by atoms with E-state index in [1.54, 1.807) is 36.4 Å². The minimum Gasteiger partial charge on any atom is -0.476 e. The maximum Gasteiger partial charge on any atom is 0.270 e. The lowest BCUT2D eigenvalue weighted by Gasteiger charge is -2.08. The van der Waals surface area contributed by atoms with Gasteiger partial charge in [-0.3, -0.25) is 14.5 Å². The zero-order valence-electron chi connectivity index (χ0n) is 14.3. The Hall–Kier alpha value is -2.67. The zero-order valence-corrected chi connectivity index (χ0v) is 15.0. The Balaban J connectivity index is 1.55. The number of fused-ring (bicyclic) bond motifs is 1. The topological polar surface area (TPSA) is 81.9 Å². The van der Waals surface area contributed by atoms with Crippen molar-refractivity contribution >= 4 is 28.4 Å². The molecule has 0 atom stereocenters. The van der Waals surface area contributed by atoms with Gasteiger partial charge in [0.15, 0.2) is 0 Å². The summed E-state index contributed by atoms with van der Waals surface area (Å²) in [5, 5.41) is 8.29. The number of aromatic nitrogens is 4. The Labute approximate surface area is 155 Å². The summed E-state index contributed by atoms with van der Waals surface area (Å²) in [6.45, 7) is 1.16. The van der Waals surface area contributed by atoms with Crippen molar-refractivity contribution in [2.45, 2.75) is 19.4 Å². The molecule has 3 heterocycles. The van der Waals surface area contributed by atoms with Crippen molar-refractivity contribution in [1.29, 1.82) is 0 Å². The number of hydrogen-bond acceptors (Lipinski definition) is 5.